The molecule has 3 aromatic rings. The van der Waals surface area contributed by atoms with Gasteiger partial charge in [0.1, 0.15) is 0 Å². The van der Waals surface area contributed by atoms with Crippen LogP contribution in [-0.4, -0.2) is 33.1 Å². The third-order valence-electron chi connectivity index (χ3n) is 3.52. The van der Waals surface area contributed by atoms with Crippen molar-refractivity contribution in [3.05, 3.63) is 64.7 Å². The molecule has 0 fully saturated rings. The molecular formula is C17H15ClN4O3. The van der Waals surface area contributed by atoms with Gasteiger partial charge >= 0.3 is 5.97 Å². The van der Waals surface area contributed by atoms with Gasteiger partial charge in [0, 0.05) is 11.2 Å². The number of H-pyrrole nitrogens is 1. The van der Waals surface area contributed by atoms with Crippen LogP contribution in [0, 0.1) is 0 Å². The average molecular weight is 359 g/mol. The number of halogens is 1. The van der Waals surface area contributed by atoms with Crippen molar-refractivity contribution in [2.75, 3.05) is 12.3 Å². The van der Waals surface area contributed by atoms with Crippen LogP contribution in [0.25, 0.3) is 5.69 Å². The van der Waals surface area contributed by atoms with E-state index in [2.05, 4.69) is 10.1 Å². The first-order valence-corrected chi connectivity index (χ1v) is 7.90. The number of ketones is 1. The van der Waals surface area contributed by atoms with Crippen LogP contribution >= 0.6 is 11.6 Å². The highest BCUT2D eigenvalue weighted by Crippen LogP contribution is 2.25. The van der Waals surface area contributed by atoms with Crippen LogP contribution in [0.3, 0.4) is 0 Å². The lowest BCUT2D eigenvalue weighted by Gasteiger charge is -2.07. The Bertz CT molecular complexity index is 914. The number of aromatic nitrogens is 3. The van der Waals surface area contributed by atoms with E-state index >= 15 is 0 Å². The summed E-state index contributed by atoms with van der Waals surface area (Å²) < 4.78 is 6.34. The number of nitrogens with zero attached hydrogens (tertiary/aromatic N) is 2. The van der Waals surface area contributed by atoms with Crippen LogP contribution in [-0.2, 0) is 4.74 Å². The molecule has 25 heavy (non-hydrogen) atoms. The molecule has 0 atom stereocenters. The van der Waals surface area contributed by atoms with Gasteiger partial charge in [0.2, 0.25) is 5.78 Å². The monoisotopic (exact) mass is 358 g/mol. The molecule has 0 radical (unpaired) electrons. The molecule has 0 aliphatic rings. The summed E-state index contributed by atoms with van der Waals surface area (Å²) in [5, 5.41) is 4.78. The quantitative estimate of drug-likeness (QED) is 0.539. The van der Waals surface area contributed by atoms with Crippen molar-refractivity contribution in [3.8, 4) is 5.69 Å². The van der Waals surface area contributed by atoms with Gasteiger partial charge in [0.25, 0.3) is 0 Å². The zero-order valence-electron chi connectivity index (χ0n) is 13.3. The number of esters is 1. The van der Waals surface area contributed by atoms with Crippen LogP contribution in [0.15, 0.2) is 42.6 Å². The van der Waals surface area contributed by atoms with Gasteiger partial charge in [-0.15, -0.1) is 0 Å². The maximum absolute atomic E-state index is 12.6. The van der Waals surface area contributed by atoms with E-state index in [1.54, 1.807) is 49.5 Å². The van der Waals surface area contributed by atoms with E-state index in [1.165, 1.54) is 4.68 Å². The lowest BCUT2D eigenvalue weighted by Crippen LogP contribution is -2.13. The maximum Gasteiger partial charge on any atom is 0.359 e. The van der Waals surface area contributed by atoms with E-state index < -0.39 is 11.8 Å². The first kappa shape index (κ1) is 16.8. The van der Waals surface area contributed by atoms with Gasteiger partial charge in [-0.2, -0.15) is 5.10 Å². The molecule has 0 amide bonds. The predicted molar refractivity (Wildman–Crippen MR) is 93.2 cm³/mol. The van der Waals surface area contributed by atoms with Crippen molar-refractivity contribution < 1.29 is 14.3 Å². The number of aromatic amines is 1. The summed E-state index contributed by atoms with van der Waals surface area (Å²) in [7, 11) is 0. The van der Waals surface area contributed by atoms with E-state index in [-0.39, 0.29) is 23.7 Å². The molecule has 0 unspecified atom stereocenters. The highest BCUT2D eigenvalue weighted by molar-refractivity contribution is 6.30. The fraction of sp³-hybridized carbons (Fsp3) is 0.118. The predicted octanol–water partition coefficient (Wildman–Crippen LogP) is 2.84. The number of rotatable bonds is 5. The third kappa shape index (κ3) is 3.14. The molecular weight excluding hydrogens is 344 g/mol. The smallest absolute Gasteiger partial charge is 0.359 e. The van der Waals surface area contributed by atoms with E-state index in [9.17, 15) is 9.59 Å². The minimum Gasteiger partial charge on any atom is -0.461 e. The summed E-state index contributed by atoms with van der Waals surface area (Å²) in [5.74, 6) is -1.08. The van der Waals surface area contributed by atoms with E-state index in [1.807, 2.05) is 0 Å². The molecule has 128 valence electrons. The number of carbonyl (C=O) groups excluding carboxylic acids is 2. The van der Waals surface area contributed by atoms with Gasteiger partial charge in [-0.25, -0.2) is 9.48 Å². The molecule has 1 aromatic carbocycles. The topological polar surface area (TPSA) is 103 Å². The second-order valence-corrected chi connectivity index (χ2v) is 5.57. The van der Waals surface area contributed by atoms with Crippen LogP contribution in [0.4, 0.5) is 5.69 Å². The van der Waals surface area contributed by atoms with Gasteiger partial charge in [-0.1, -0.05) is 11.6 Å². The Labute approximate surface area is 148 Å². The Morgan fingerprint density at radius 1 is 1.28 bits per heavy atom. The van der Waals surface area contributed by atoms with Crippen molar-refractivity contribution in [1.29, 1.82) is 0 Å². The van der Waals surface area contributed by atoms with Crippen LogP contribution in [0.5, 0.6) is 0 Å². The number of anilines is 1. The summed E-state index contributed by atoms with van der Waals surface area (Å²) in [6.45, 7) is 1.85. The van der Waals surface area contributed by atoms with E-state index in [0.717, 1.165) is 0 Å². The van der Waals surface area contributed by atoms with Gasteiger partial charge < -0.3 is 15.5 Å². The van der Waals surface area contributed by atoms with Crippen molar-refractivity contribution in [2.45, 2.75) is 6.92 Å². The largest absolute Gasteiger partial charge is 0.461 e. The number of hydrogen-bond acceptors (Lipinski definition) is 5. The van der Waals surface area contributed by atoms with Crippen molar-refractivity contribution in [1.82, 2.24) is 14.8 Å². The number of ether oxygens (including phenoxy) is 1. The maximum atomic E-state index is 12.6. The van der Waals surface area contributed by atoms with Crippen LogP contribution in [0.1, 0.15) is 33.6 Å². The first-order chi connectivity index (χ1) is 12.0. The summed E-state index contributed by atoms with van der Waals surface area (Å²) in [6.07, 6.45) is 1.62. The molecule has 2 aromatic heterocycles. The number of nitrogen functional groups attached to an aromatic ring is 1. The molecule has 3 rings (SSSR count). The standard InChI is InChI=1S/C17H15ClN4O3/c1-2-25-17(24)15-13(19)14(16(23)12-4-3-9-20-12)21-22(15)11-7-5-10(18)6-8-11/h3-9,20H,2,19H2,1H3. The number of nitrogens with two attached hydrogens (primary N) is 1. The van der Waals surface area contributed by atoms with Gasteiger partial charge in [-0.3, -0.25) is 4.79 Å². The average Bonchev–Trinajstić information content (AvgIpc) is 3.23. The summed E-state index contributed by atoms with van der Waals surface area (Å²) in [5.41, 5.74) is 6.86. The van der Waals surface area contributed by atoms with Crippen molar-refractivity contribution in [2.24, 2.45) is 0 Å². The zero-order valence-corrected chi connectivity index (χ0v) is 14.1. The van der Waals surface area contributed by atoms with Crippen molar-refractivity contribution in [3.63, 3.8) is 0 Å². The molecule has 0 saturated heterocycles. The summed E-state index contributed by atoms with van der Waals surface area (Å²) in [6, 6.07) is 9.92. The Morgan fingerprint density at radius 2 is 2.00 bits per heavy atom. The van der Waals surface area contributed by atoms with E-state index in [0.29, 0.717) is 16.4 Å². The Balaban J connectivity index is 2.15. The molecule has 0 aliphatic carbocycles. The van der Waals surface area contributed by atoms with Crippen LogP contribution < -0.4 is 5.73 Å². The van der Waals surface area contributed by atoms with Crippen LogP contribution in [0.2, 0.25) is 5.02 Å². The molecule has 8 heteroatoms. The number of benzene rings is 1. The Morgan fingerprint density at radius 3 is 2.60 bits per heavy atom. The van der Waals surface area contributed by atoms with Gasteiger partial charge in [0.15, 0.2) is 11.4 Å². The molecule has 0 saturated carbocycles. The van der Waals surface area contributed by atoms with Gasteiger partial charge in [-0.05, 0) is 43.3 Å². The zero-order chi connectivity index (χ0) is 18.0. The number of hydrogen-bond donors (Lipinski definition) is 2. The molecule has 0 spiro atoms. The Kier molecular flexibility index (Phi) is 4.58. The number of nitrogens with one attached hydrogen (secondary N) is 1. The lowest BCUT2D eigenvalue weighted by atomic mass is 10.1. The third-order valence-corrected chi connectivity index (χ3v) is 3.77. The summed E-state index contributed by atoms with van der Waals surface area (Å²) in [4.78, 5) is 27.7. The molecule has 0 bridgehead atoms. The lowest BCUT2D eigenvalue weighted by molar-refractivity contribution is 0.0517. The SMILES string of the molecule is CCOC(=O)c1c(N)c(C(=O)c2ccc[nH]2)nn1-c1ccc(Cl)cc1. The fourth-order valence-electron chi connectivity index (χ4n) is 2.36. The molecule has 0 aliphatic heterocycles. The highest BCUT2D eigenvalue weighted by atomic mass is 35.5. The number of carbonyl (C=O) groups is 2. The molecule has 3 N–H and O–H groups in total. The molecule has 7 nitrogen and oxygen atoms in total. The minimum atomic E-state index is -0.659. The molecule has 2 heterocycles. The first-order valence-electron chi connectivity index (χ1n) is 7.52. The van der Waals surface area contributed by atoms with E-state index in [4.69, 9.17) is 22.1 Å². The highest BCUT2D eigenvalue weighted by Gasteiger charge is 2.28. The van der Waals surface area contributed by atoms with Crippen molar-refractivity contribution >= 4 is 29.0 Å². The minimum absolute atomic E-state index is 0.000853. The second-order valence-electron chi connectivity index (χ2n) is 5.13. The Hall–Kier alpha value is -3.06. The summed E-state index contributed by atoms with van der Waals surface area (Å²) >= 11 is 5.90. The van der Waals surface area contributed by atoms with Gasteiger partial charge in [0.05, 0.1) is 23.7 Å². The fourth-order valence-corrected chi connectivity index (χ4v) is 2.49. The second kappa shape index (κ2) is 6.82. The normalized spacial score (nSPS) is 10.6.